The number of hydrogen-bond donors (Lipinski definition) is 1. The molecule has 0 saturated carbocycles. The zero-order chi connectivity index (χ0) is 14.3. The number of nitrogens with one attached hydrogen (secondary N) is 1. The number of pyridine rings is 2. The van der Waals surface area contributed by atoms with Gasteiger partial charge in [-0.25, -0.2) is 9.78 Å². The van der Waals surface area contributed by atoms with Crippen LogP contribution in [0, 0.1) is 6.92 Å². The fourth-order valence-electron chi connectivity index (χ4n) is 2.29. The van der Waals surface area contributed by atoms with Crippen LogP contribution in [-0.2, 0) is 0 Å². The molecule has 3 aromatic rings. The second kappa shape index (κ2) is 4.59. The number of aryl methyl sites for hydroxylation is 1. The minimum atomic E-state index is -0.123. The number of hydrogen-bond acceptors (Lipinski definition) is 3. The van der Waals surface area contributed by atoms with Crippen molar-refractivity contribution in [3.05, 3.63) is 46.8 Å². The van der Waals surface area contributed by atoms with Crippen LogP contribution >= 0.6 is 0 Å². The van der Waals surface area contributed by atoms with Crippen LogP contribution in [0.25, 0.3) is 22.3 Å². The Morgan fingerprint density at radius 3 is 2.55 bits per heavy atom. The Hall–Kier alpha value is -2.43. The molecule has 0 amide bonds. The van der Waals surface area contributed by atoms with Gasteiger partial charge in [0.25, 0.3) is 0 Å². The van der Waals surface area contributed by atoms with Crippen molar-refractivity contribution < 1.29 is 0 Å². The van der Waals surface area contributed by atoms with Gasteiger partial charge in [0.2, 0.25) is 0 Å². The molecule has 0 aliphatic rings. The highest BCUT2D eigenvalue weighted by Crippen LogP contribution is 2.21. The third kappa shape index (κ3) is 2.01. The Bertz CT molecular complexity index is 812. The zero-order valence-corrected chi connectivity index (χ0v) is 11.7. The smallest absolute Gasteiger partial charge is 0.304 e. The van der Waals surface area contributed by atoms with E-state index in [0.717, 1.165) is 22.3 Å². The van der Waals surface area contributed by atoms with Gasteiger partial charge in [0, 0.05) is 35.3 Å². The van der Waals surface area contributed by atoms with E-state index in [4.69, 9.17) is 0 Å². The molecule has 0 spiro atoms. The number of rotatable bonds is 2. The van der Waals surface area contributed by atoms with Gasteiger partial charge in [-0.15, -0.1) is 0 Å². The molecule has 5 nitrogen and oxygen atoms in total. The molecule has 0 aromatic carbocycles. The van der Waals surface area contributed by atoms with Gasteiger partial charge in [-0.1, -0.05) is 6.07 Å². The first-order valence-corrected chi connectivity index (χ1v) is 6.59. The van der Waals surface area contributed by atoms with Crippen molar-refractivity contribution in [2.45, 2.75) is 26.8 Å². The highest BCUT2D eigenvalue weighted by atomic mass is 16.1. The van der Waals surface area contributed by atoms with Gasteiger partial charge in [0.15, 0.2) is 5.65 Å². The lowest BCUT2D eigenvalue weighted by atomic mass is 10.1. The van der Waals surface area contributed by atoms with Gasteiger partial charge in [0.05, 0.1) is 5.52 Å². The SMILES string of the molecule is Cc1ccc(-c2cnc3c(c2)[nH]c(=O)n3C(C)C)cn1. The van der Waals surface area contributed by atoms with Crippen LogP contribution in [0.2, 0.25) is 0 Å². The van der Waals surface area contributed by atoms with Crippen LogP contribution < -0.4 is 5.69 Å². The lowest BCUT2D eigenvalue weighted by molar-refractivity contribution is 0.593. The summed E-state index contributed by atoms with van der Waals surface area (Å²) in [5, 5.41) is 0. The van der Waals surface area contributed by atoms with E-state index in [0.29, 0.717) is 5.65 Å². The van der Waals surface area contributed by atoms with Crippen molar-refractivity contribution in [2.75, 3.05) is 0 Å². The molecule has 0 atom stereocenters. The topological polar surface area (TPSA) is 63.6 Å². The summed E-state index contributed by atoms with van der Waals surface area (Å²) < 4.78 is 1.66. The Labute approximate surface area is 116 Å². The summed E-state index contributed by atoms with van der Waals surface area (Å²) in [7, 11) is 0. The monoisotopic (exact) mass is 268 g/mol. The third-order valence-electron chi connectivity index (χ3n) is 3.32. The summed E-state index contributed by atoms with van der Waals surface area (Å²) in [6.07, 6.45) is 3.59. The van der Waals surface area contributed by atoms with Crippen molar-refractivity contribution >= 4 is 11.2 Å². The van der Waals surface area contributed by atoms with E-state index in [1.807, 2.05) is 45.2 Å². The van der Waals surface area contributed by atoms with E-state index in [2.05, 4.69) is 15.0 Å². The van der Waals surface area contributed by atoms with Gasteiger partial charge < -0.3 is 4.98 Å². The minimum Gasteiger partial charge on any atom is -0.304 e. The maximum Gasteiger partial charge on any atom is 0.327 e. The van der Waals surface area contributed by atoms with Gasteiger partial charge in [-0.2, -0.15) is 0 Å². The average molecular weight is 268 g/mol. The van der Waals surface area contributed by atoms with Gasteiger partial charge in [-0.3, -0.25) is 9.55 Å². The Morgan fingerprint density at radius 1 is 1.15 bits per heavy atom. The molecular formula is C15H16N4O. The van der Waals surface area contributed by atoms with Crippen LogP contribution in [-0.4, -0.2) is 19.5 Å². The van der Waals surface area contributed by atoms with E-state index in [9.17, 15) is 4.79 Å². The largest absolute Gasteiger partial charge is 0.327 e. The molecule has 1 N–H and O–H groups in total. The van der Waals surface area contributed by atoms with Gasteiger partial charge in [-0.05, 0) is 32.9 Å². The quantitative estimate of drug-likeness (QED) is 0.777. The van der Waals surface area contributed by atoms with E-state index in [-0.39, 0.29) is 11.7 Å². The molecule has 5 heteroatoms. The highest BCUT2D eigenvalue weighted by Gasteiger charge is 2.11. The normalized spacial score (nSPS) is 11.4. The van der Waals surface area contributed by atoms with Gasteiger partial charge >= 0.3 is 5.69 Å². The summed E-state index contributed by atoms with van der Waals surface area (Å²) in [5.41, 5.74) is 4.23. The molecule has 0 aliphatic heterocycles. The molecule has 20 heavy (non-hydrogen) atoms. The van der Waals surface area contributed by atoms with Crippen LogP contribution in [0.4, 0.5) is 0 Å². The summed E-state index contributed by atoms with van der Waals surface area (Å²) in [6, 6.07) is 5.98. The number of aromatic amines is 1. The van der Waals surface area contributed by atoms with Crippen LogP contribution in [0.5, 0.6) is 0 Å². The first-order valence-electron chi connectivity index (χ1n) is 6.59. The number of fused-ring (bicyclic) bond motifs is 1. The molecular weight excluding hydrogens is 252 g/mol. The van der Waals surface area contributed by atoms with Crippen molar-refractivity contribution in [2.24, 2.45) is 0 Å². The summed E-state index contributed by atoms with van der Waals surface area (Å²) in [4.78, 5) is 23.5. The Morgan fingerprint density at radius 2 is 1.90 bits per heavy atom. The maximum absolute atomic E-state index is 11.9. The van der Waals surface area contributed by atoms with E-state index in [1.165, 1.54) is 0 Å². The molecule has 0 radical (unpaired) electrons. The van der Waals surface area contributed by atoms with E-state index in [1.54, 1.807) is 10.8 Å². The first kappa shape index (κ1) is 12.6. The van der Waals surface area contributed by atoms with Crippen molar-refractivity contribution in [1.82, 2.24) is 19.5 Å². The first-order chi connectivity index (χ1) is 9.56. The fraction of sp³-hybridized carbons (Fsp3) is 0.267. The van der Waals surface area contributed by atoms with Crippen molar-refractivity contribution in [3.8, 4) is 11.1 Å². The Balaban J connectivity index is 2.17. The predicted octanol–water partition coefficient (Wildman–Crippen LogP) is 2.68. The van der Waals surface area contributed by atoms with Crippen molar-refractivity contribution in [3.63, 3.8) is 0 Å². The summed E-state index contributed by atoms with van der Waals surface area (Å²) in [5.74, 6) is 0. The lowest BCUT2D eigenvalue weighted by Crippen LogP contribution is -2.18. The fourth-order valence-corrected chi connectivity index (χ4v) is 2.29. The molecule has 3 aromatic heterocycles. The number of aromatic nitrogens is 4. The van der Waals surface area contributed by atoms with Gasteiger partial charge in [0.1, 0.15) is 0 Å². The molecule has 3 heterocycles. The average Bonchev–Trinajstić information content (AvgIpc) is 2.74. The maximum atomic E-state index is 11.9. The third-order valence-corrected chi connectivity index (χ3v) is 3.32. The van der Waals surface area contributed by atoms with Crippen molar-refractivity contribution in [1.29, 1.82) is 0 Å². The summed E-state index contributed by atoms with van der Waals surface area (Å²) in [6.45, 7) is 5.88. The predicted molar refractivity (Wildman–Crippen MR) is 78.7 cm³/mol. The van der Waals surface area contributed by atoms with Crippen LogP contribution in [0.15, 0.2) is 35.4 Å². The molecule has 3 rings (SSSR count). The second-order valence-corrected chi connectivity index (χ2v) is 5.18. The standard InChI is InChI=1S/C15H16N4O/c1-9(2)19-14-13(18-15(19)20)6-12(8-17-14)11-5-4-10(3)16-7-11/h4-9H,1-3H3,(H,18,20). The molecule has 0 unspecified atom stereocenters. The molecule has 0 bridgehead atoms. The Kier molecular flexibility index (Phi) is 2.89. The minimum absolute atomic E-state index is 0.0793. The second-order valence-electron chi connectivity index (χ2n) is 5.18. The number of imidazole rings is 1. The molecule has 0 fully saturated rings. The lowest BCUT2D eigenvalue weighted by Gasteiger charge is -2.06. The summed E-state index contributed by atoms with van der Waals surface area (Å²) >= 11 is 0. The molecule has 0 aliphatic carbocycles. The van der Waals surface area contributed by atoms with Crippen LogP contribution in [0.3, 0.4) is 0 Å². The van der Waals surface area contributed by atoms with Crippen LogP contribution in [0.1, 0.15) is 25.6 Å². The molecule has 0 saturated heterocycles. The van der Waals surface area contributed by atoms with E-state index < -0.39 is 0 Å². The molecule has 102 valence electrons. The zero-order valence-electron chi connectivity index (χ0n) is 11.7. The number of H-pyrrole nitrogens is 1. The van der Waals surface area contributed by atoms with E-state index >= 15 is 0 Å². The highest BCUT2D eigenvalue weighted by molar-refractivity contribution is 5.78. The number of nitrogens with zero attached hydrogens (tertiary/aromatic N) is 3.